The zero-order chi connectivity index (χ0) is 19.9. The lowest BCUT2D eigenvalue weighted by atomic mass is 10.3. The molecule has 8 heteroatoms. The van der Waals surface area contributed by atoms with Crippen LogP contribution in [0.4, 0.5) is 22.1 Å². The first-order valence-corrected chi connectivity index (χ1v) is 9.72. The van der Waals surface area contributed by atoms with Crippen LogP contribution in [0.15, 0.2) is 30.3 Å². The van der Waals surface area contributed by atoms with Gasteiger partial charge in [-0.2, -0.15) is 0 Å². The van der Waals surface area contributed by atoms with Gasteiger partial charge in [0.05, 0.1) is 6.61 Å². The van der Waals surface area contributed by atoms with Gasteiger partial charge in [0.25, 0.3) is 0 Å². The van der Waals surface area contributed by atoms with E-state index in [0.717, 1.165) is 48.5 Å². The van der Waals surface area contributed by atoms with E-state index in [2.05, 4.69) is 25.5 Å². The van der Waals surface area contributed by atoms with Gasteiger partial charge in [0, 0.05) is 44.5 Å². The van der Waals surface area contributed by atoms with E-state index in [-0.39, 0.29) is 6.03 Å². The Morgan fingerprint density at radius 1 is 1.11 bits per heavy atom. The Morgan fingerprint density at radius 2 is 1.82 bits per heavy atom. The molecule has 2 aromatic rings. The second-order valence-electron chi connectivity index (χ2n) is 6.55. The summed E-state index contributed by atoms with van der Waals surface area (Å²) in [6.45, 7) is 10.1. The van der Waals surface area contributed by atoms with Crippen LogP contribution in [0, 0.1) is 6.92 Å². The maximum atomic E-state index is 12.5. The van der Waals surface area contributed by atoms with Crippen LogP contribution in [0.25, 0.3) is 0 Å². The smallest absolute Gasteiger partial charge is 0.321 e. The fourth-order valence-electron chi connectivity index (χ4n) is 3.13. The summed E-state index contributed by atoms with van der Waals surface area (Å²) >= 11 is 0. The molecule has 1 aliphatic heterocycles. The van der Waals surface area contributed by atoms with Crippen molar-refractivity contribution in [2.75, 3.05) is 54.9 Å². The Hall–Kier alpha value is -3.03. The lowest BCUT2D eigenvalue weighted by Gasteiger charge is -2.35. The Bertz CT molecular complexity index is 788. The van der Waals surface area contributed by atoms with Crippen LogP contribution >= 0.6 is 0 Å². The van der Waals surface area contributed by atoms with Crippen LogP contribution in [0.2, 0.25) is 0 Å². The first kappa shape index (κ1) is 19.7. The number of urea groups is 1. The molecule has 0 spiro atoms. The molecule has 1 saturated heterocycles. The second-order valence-corrected chi connectivity index (χ2v) is 6.55. The third kappa shape index (κ3) is 5.03. The van der Waals surface area contributed by atoms with E-state index in [9.17, 15) is 4.79 Å². The van der Waals surface area contributed by atoms with Crippen LogP contribution in [-0.2, 0) is 0 Å². The van der Waals surface area contributed by atoms with Crippen LogP contribution in [-0.4, -0.2) is 60.2 Å². The largest absolute Gasteiger partial charge is 0.494 e. The number of nitrogens with zero attached hydrogens (tertiary/aromatic N) is 4. The Balaban J connectivity index is 1.55. The second kappa shape index (κ2) is 9.25. The third-order valence-corrected chi connectivity index (χ3v) is 4.49. The summed E-state index contributed by atoms with van der Waals surface area (Å²) in [5.41, 5.74) is 0.762. The van der Waals surface area contributed by atoms with Crippen molar-refractivity contribution in [3.63, 3.8) is 0 Å². The third-order valence-electron chi connectivity index (χ3n) is 4.49. The van der Waals surface area contributed by atoms with Gasteiger partial charge >= 0.3 is 6.03 Å². The van der Waals surface area contributed by atoms with Crippen molar-refractivity contribution in [3.05, 3.63) is 36.2 Å². The van der Waals surface area contributed by atoms with Gasteiger partial charge in [0.2, 0.25) is 0 Å². The van der Waals surface area contributed by atoms with Gasteiger partial charge in [-0.15, -0.1) is 0 Å². The molecule has 2 amide bonds. The Labute approximate surface area is 165 Å². The van der Waals surface area contributed by atoms with E-state index >= 15 is 0 Å². The van der Waals surface area contributed by atoms with E-state index in [1.807, 2.05) is 56.0 Å². The molecule has 0 bridgehead atoms. The van der Waals surface area contributed by atoms with Crippen LogP contribution in [0.1, 0.15) is 19.7 Å². The van der Waals surface area contributed by atoms with E-state index in [0.29, 0.717) is 19.7 Å². The van der Waals surface area contributed by atoms with Gasteiger partial charge in [0.15, 0.2) is 0 Å². The molecule has 1 fully saturated rings. The number of aryl methyl sites for hydroxylation is 1. The quantitative estimate of drug-likeness (QED) is 0.797. The van der Waals surface area contributed by atoms with Crippen LogP contribution in [0.3, 0.4) is 0 Å². The van der Waals surface area contributed by atoms with Crippen molar-refractivity contribution in [2.45, 2.75) is 20.8 Å². The fourth-order valence-corrected chi connectivity index (χ4v) is 3.13. The zero-order valence-corrected chi connectivity index (χ0v) is 16.7. The standard InChI is InChI=1S/C20H28N6O2/c1-4-21-18-14-19(23-15(3)22-18)25-10-12-26(13-11-25)20(27)24-16-6-8-17(9-7-16)28-5-2/h6-9,14H,4-5,10-13H2,1-3H3,(H,24,27)(H,21,22,23). The minimum absolute atomic E-state index is 0.0870. The molecule has 0 saturated carbocycles. The number of amides is 2. The molecule has 1 aliphatic rings. The van der Waals surface area contributed by atoms with Crippen molar-refractivity contribution in [1.29, 1.82) is 0 Å². The van der Waals surface area contributed by atoms with E-state index < -0.39 is 0 Å². The average Bonchev–Trinajstić information content (AvgIpc) is 2.69. The predicted octanol–water partition coefficient (Wildman–Crippen LogP) is 2.97. The number of ether oxygens (including phenoxy) is 1. The topological polar surface area (TPSA) is 82.6 Å². The minimum Gasteiger partial charge on any atom is -0.494 e. The monoisotopic (exact) mass is 384 g/mol. The highest BCUT2D eigenvalue weighted by molar-refractivity contribution is 5.89. The first-order valence-electron chi connectivity index (χ1n) is 9.72. The maximum absolute atomic E-state index is 12.5. The molecule has 0 radical (unpaired) electrons. The number of nitrogens with one attached hydrogen (secondary N) is 2. The zero-order valence-electron chi connectivity index (χ0n) is 16.7. The summed E-state index contributed by atoms with van der Waals surface area (Å²) in [4.78, 5) is 25.5. The lowest BCUT2D eigenvalue weighted by Crippen LogP contribution is -2.50. The summed E-state index contributed by atoms with van der Waals surface area (Å²) in [5.74, 6) is 3.27. The average molecular weight is 384 g/mol. The van der Waals surface area contributed by atoms with Gasteiger partial charge in [-0.3, -0.25) is 0 Å². The van der Waals surface area contributed by atoms with Gasteiger partial charge < -0.3 is 25.2 Å². The number of anilines is 3. The number of hydrogen-bond donors (Lipinski definition) is 2. The molecule has 2 heterocycles. The van der Waals surface area contributed by atoms with Crippen molar-refractivity contribution in [3.8, 4) is 5.75 Å². The molecule has 1 aromatic carbocycles. The summed E-state index contributed by atoms with van der Waals surface area (Å²) in [7, 11) is 0. The minimum atomic E-state index is -0.0870. The molecular weight excluding hydrogens is 356 g/mol. The number of rotatable bonds is 6. The van der Waals surface area contributed by atoms with Gasteiger partial charge in [-0.05, 0) is 45.0 Å². The molecule has 2 N–H and O–H groups in total. The van der Waals surface area contributed by atoms with Gasteiger partial charge in [0.1, 0.15) is 23.2 Å². The lowest BCUT2D eigenvalue weighted by molar-refractivity contribution is 0.208. The maximum Gasteiger partial charge on any atom is 0.321 e. The van der Waals surface area contributed by atoms with Crippen LogP contribution < -0.4 is 20.3 Å². The van der Waals surface area contributed by atoms with Crippen molar-refractivity contribution in [1.82, 2.24) is 14.9 Å². The molecule has 8 nitrogen and oxygen atoms in total. The SMILES string of the molecule is CCNc1cc(N2CCN(C(=O)Nc3ccc(OCC)cc3)CC2)nc(C)n1. The van der Waals surface area contributed by atoms with Crippen molar-refractivity contribution in [2.24, 2.45) is 0 Å². The molecular formula is C20H28N6O2. The number of benzene rings is 1. The number of aromatic nitrogens is 2. The molecule has 0 aliphatic carbocycles. The van der Waals surface area contributed by atoms with E-state index in [1.54, 1.807) is 0 Å². The first-order chi connectivity index (χ1) is 13.6. The van der Waals surface area contributed by atoms with Crippen molar-refractivity contribution >= 4 is 23.4 Å². The van der Waals surface area contributed by atoms with Gasteiger partial charge in [-0.1, -0.05) is 0 Å². The molecule has 0 unspecified atom stereocenters. The number of piperazine rings is 1. The number of carbonyl (C=O) groups is 1. The van der Waals surface area contributed by atoms with Crippen molar-refractivity contribution < 1.29 is 9.53 Å². The highest BCUT2D eigenvalue weighted by atomic mass is 16.5. The Kier molecular flexibility index (Phi) is 6.52. The fraction of sp³-hybridized carbons (Fsp3) is 0.450. The van der Waals surface area contributed by atoms with Gasteiger partial charge in [-0.25, -0.2) is 14.8 Å². The molecule has 150 valence electrons. The van der Waals surface area contributed by atoms with E-state index in [1.165, 1.54) is 0 Å². The summed E-state index contributed by atoms with van der Waals surface area (Å²) < 4.78 is 5.42. The normalized spacial score (nSPS) is 14.0. The summed E-state index contributed by atoms with van der Waals surface area (Å²) in [5, 5.41) is 6.18. The van der Waals surface area contributed by atoms with E-state index in [4.69, 9.17) is 4.74 Å². The predicted molar refractivity (Wildman–Crippen MR) is 111 cm³/mol. The summed E-state index contributed by atoms with van der Waals surface area (Å²) in [6, 6.07) is 9.30. The summed E-state index contributed by atoms with van der Waals surface area (Å²) in [6.07, 6.45) is 0. The van der Waals surface area contributed by atoms with Crippen LogP contribution in [0.5, 0.6) is 5.75 Å². The number of carbonyl (C=O) groups excluding carboxylic acids is 1. The molecule has 28 heavy (non-hydrogen) atoms. The number of hydrogen-bond acceptors (Lipinski definition) is 6. The molecule has 3 rings (SSSR count). The molecule has 1 aromatic heterocycles. The molecule has 0 atom stereocenters. The highest BCUT2D eigenvalue weighted by Gasteiger charge is 2.22. The Morgan fingerprint density at radius 3 is 2.46 bits per heavy atom. The highest BCUT2D eigenvalue weighted by Crippen LogP contribution is 2.19.